The molecule has 0 amide bonds. The predicted octanol–water partition coefficient (Wildman–Crippen LogP) is 1.80. The molecule has 2 rings (SSSR count). The molecule has 2 atom stereocenters. The Labute approximate surface area is 113 Å². The third kappa shape index (κ3) is 3.54. The Balaban J connectivity index is 1.92. The smallest absolute Gasteiger partial charge is 0.149 e. The maximum atomic E-state index is 9.26. The van der Waals surface area contributed by atoms with Gasteiger partial charge in [-0.15, -0.1) is 10.2 Å². The van der Waals surface area contributed by atoms with Gasteiger partial charge in [0.2, 0.25) is 0 Å². The molecule has 0 saturated heterocycles. The van der Waals surface area contributed by atoms with E-state index in [4.69, 9.17) is 0 Å². The first-order valence-electron chi connectivity index (χ1n) is 6.44. The molecule has 19 heavy (non-hydrogen) atoms. The van der Waals surface area contributed by atoms with Crippen molar-refractivity contribution in [2.75, 3.05) is 0 Å². The lowest BCUT2D eigenvalue weighted by molar-refractivity contribution is 0.451. The van der Waals surface area contributed by atoms with Crippen molar-refractivity contribution in [1.82, 2.24) is 20.1 Å². The zero-order chi connectivity index (χ0) is 13.8. The second-order valence-corrected chi connectivity index (χ2v) is 4.96. The van der Waals surface area contributed by atoms with Crippen molar-refractivity contribution in [3.05, 3.63) is 42.0 Å². The maximum absolute atomic E-state index is 9.26. The zero-order valence-electron chi connectivity index (χ0n) is 11.5. The minimum atomic E-state index is 0.152. The maximum Gasteiger partial charge on any atom is 0.149 e. The number of aromatic hydroxyl groups is 1. The summed E-state index contributed by atoms with van der Waals surface area (Å²) in [6.07, 6.45) is 2.61. The summed E-state index contributed by atoms with van der Waals surface area (Å²) in [4.78, 5) is 0. The first-order chi connectivity index (χ1) is 9.06. The van der Waals surface area contributed by atoms with Crippen LogP contribution in [-0.2, 0) is 13.5 Å². The van der Waals surface area contributed by atoms with Gasteiger partial charge in [-0.05, 0) is 38.0 Å². The summed E-state index contributed by atoms with van der Waals surface area (Å²) >= 11 is 0. The minimum Gasteiger partial charge on any atom is -0.508 e. The van der Waals surface area contributed by atoms with Crippen LogP contribution in [0.25, 0.3) is 0 Å². The molecule has 5 heteroatoms. The first-order valence-corrected chi connectivity index (χ1v) is 6.44. The summed E-state index contributed by atoms with van der Waals surface area (Å²) in [5, 5.41) is 20.8. The van der Waals surface area contributed by atoms with Gasteiger partial charge >= 0.3 is 0 Å². The molecule has 5 nitrogen and oxygen atoms in total. The second kappa shape index (κ2) is 5.84. The molecule has 0 radical (unpaired) electrons. The summed E-state index contributed by atoms with van der Waals surface area (Å²) < 4.78 is 1.92. The Hall–Kier alpha value is -1.88. The highest BCUT2D eigenvalue weighted by molar-refractivity contribution is 5.26. The van der Waals surface area contributed by atoms with Crippen LogP contribution in [0.1, 0.15) is 31.3 Å². The van der Waals surface area contributed by atoms with E-state index in [0.717, 1.165) is 12.2 Å². The highest BCUT2D eigenvalue weighted by Crippen LogP contribution is 2.13. The van der Waals surface area contributed by atoms with Gasteiger partial charge in [0.25, 0.3) is 0 Å². The summed E-state index contributed by atoms with van der Waals surface area (Å²) in [7, 11) is 1.94. The van der Waals surface area contributed by atoms with Gasteiger partial charge in [-0.3, -0.25) is 0 Å². The van der Waals surface area contributed by atoms with Crippen molar-refractivity contribution in [1.29, 1.82) is 0 Å². The number of aryl methyl sites for hydroxylation is 1. The molecule has 0 saturated carbocycles. The molecular weight excluding hydrogens is 240 g/mol. The van der Waals surface area contributed by atoms with E-state index < -0.39 is 0 Å². The molecule has 1 aromatic carbocycles. The van der Waals surface area contributed by atoms with Crippen LogP contribution in [0.2, 0.25) is 0 Å². The van der Waals surface area contributed by atoms with E-state index in [-0.39, 0.29) is 6.04 Å². The molecule has 0 aliphatic rings. The Morgan fingerprint density at radius 3 is 2.53 bits per heavy atom. The van der Waals surface area contributed by atoms with E-state index in [1.54, 1.807) is 18.5 Å². The van der Waals surface area contributed by atoms with Crippen LogP contribution >= 0.6 is 0 Å². The highest BCUT2D eigenvalue weighted by atomic mass is 16.3. The second-order valence-electron chi connectivity index (χ2n) is 4.96. The monoisotopic (exact) mass is 260 g/mol. The van der Waals surface area contributed by atoms with Crippen LogP contribution < -0.4 is 5.32 Å². The Morgan fingerprint density at radius 1 is 1.26 bits per heavy atom. The molecule has 102 valence electrons. The van der Waals surface area contributed by atoms with Crippen LogP contribution in [-0.4, -0.2) is 25.9 Å². The van der Waals surface area contributed by atoms with Crippen molar-refractivity contribution in [2.45, 2.75) is 32.4 Å². The zero-order valence-corrected chi connectivity index (χ0v) is 11.5. The number of aromatic nitrogens is 3. The molecule has 0 aliphatic heterocycles. The number of rotatable bonds is 5. The quantitative estimate of drug-likeness (QED) is 0.860. The molecule has 2 N–H and O–H groups in total. The third-order valence-corrected chi connectivity index (χ3v) is 3.15. The molecule has 0 aliphatic carbocycles. The predicted molar refractivity (Wildman–Crippen MR) is 73.8 cm³/mol. The van der Waals surface area contributed by atoms with Gasteiger partial charge in [-0.25, -0.2) is 0 Å². The lowest BCUT2D eigenvalue weighted by Gasteiger charge is -2.19. The summed E-state index contributed by atoms with van der Waals surface area (Å²) in [6.45, 7) is 4.22. The van der Waals surface area contributed by atoms with Gasteiger partial charge in [0.05, 0.1) is 6.04 Å². The Kier molecular flexibility index (Phi) is 4.16. The number of phenols is 1. The third-order valence-electron chi connectivity index (χ3n) is 3.15. The lowest BCUT2D eigenvalue weighted by Crippen LogP contribution is -2.32. The summed E-state index contributed by atoms with van der Waals surface area (Å²) in [6, 6.07) is 7.79. The number of nitrogens with zero attached hydrogens (tertiary/aromatic N) is 3. The number of hydrogen-bond donors (Lipinski definition) is 2. The van der Waals surface area contributed by atoms with Crippen molar-refractivity contribution >= 4 is 0 Å². The SMILES string of the molecule is CC(Cc1ccc(O)cc1)NC(C)c1nncn1C. The van der Waals surface area contributed by atoms with Crippen LogP contribution in [0.3, 0.4) is 0 Å². The van der Waals surface area contributed by atoms with E-state index in [1.165, 1.54) is 5.56 Å². The van der Waals surface area contributed by atoms with Crippen molar-refractivity contribution < 1.29 is 5.11 Å². The molecule has 1 aromatic heterocycles. The molecule has 2 unspecified atom stereocenters. The van der Waals surface area contributed by atoms with Gasteiger partial charge in [0.15, 0.2) is 0 Å². The van der Waals surface area contributed by atoms with Crippen LogP contribution in [0.15, 0.2) is 30.6 Å². The van der Waals surface area contributed by atoms with E-state index in [9.17, 15) is 5.11 Å². The Morgan fingerprint density at radius 2 is 1.95 bits per heavy atom. The largest absolute Gasteiger partial charge is 0.508 e. The van der Waals surface area contributed by atoms with E-state index in [1.807, 2.05) is 23.7 Å². The van der Waals surface area contributed by atoms with Crippen molar-refractivity contribution in [2.24, 2.45) is 7.05 Å². The fourth-order valence-electron chi connectivity index (χ4n) is 2.23. The molecule has 1 heterocycles. The van der Waals surface area contributed by atoms with E-state index in [2.05, 4.69) is 29.4 Å². The van der Waals surface area contributed by atoms with Crippen molar-refractivity contribution in [3.63, 3.8) is 0 Å². The van der Waals surface area contributed by atoms with Crippen LogP contribution in [0, 0.1) is 0 Å². The van der Waals surface area contributed by atoms with Gasteiger partial charge in [-0.1, -0.05) is 12.1 Å². The van der Waals surface area contributed by atoms with Crippen LogP contribution in [0.4, 0.5) is 0 Å². The lowest BCUT2D eigenvalue weighted by atomic mass is 10.1. The average molecular weight is 260 g/mol. The molecule has 0 spiro atoms. The average Bonchev–Trinajstić information content (AvgIpc) is 2.78. The summed E-state index contributed by atoms with van der Waals surface area (Å²) in [5.74, 6) is 1.23. The normalized spacial score (nSPS) is 14.3. The Bertz CT molecular complexity index is 520. The number of hydrogen-bond acceptors (Lipinski definition) is 4. The molecule has 0 bridgehead atoms. The number of nitrogens with one attached hydrogen (secondary N) is 1. The van der Waals surface area contributed by atoms with E-state index >= 15 is 0 Å². The van der Waals surface area contributed by atoms with Gasteiger partial charge < -0.3 is 15.0 Å². The summed E-state index contributed by atoms with van der Waals surface area (Å²) in [5.41, 5.74) is 1.20. The minimum absolute atomic E-state index is 0.152. The topological polar surface area (TPSA) is 63.0 Å². The molecule has 0 fully saturated rings. The number of benzene rings is 1. The molecule has 2 aromatic rings. The van der Waals surface area contributed by atoms with E-state index in [0.29, 0.717) is 11.8 Å². The fourth-order valence-corrected chi connectivity index (χ4v) is 2.23. The van der Waals surface area contributed by atoms with Crippen LogP contribution in [0.5, 0.6) is 5.75 Å². The first kappa shape index (κ1) is 13.5. The standard InChI is InChI=1S/C14H20N4O/c1-10(8-12-4-6-13(19)7-5-12)16-11(2)14-17-15-9-18(14)3/h4-7,9-11,16,19H,8H2,1-3H3. The highest BCUT2D eigenvalue weighted by Gasteiger charge is 2.14. The van der Waals surface area contributed by atoms with Gasteiger partial charge in [0.1, 0.15) is 17.9 Å². The van der Waals surface area contributed by atoms with Crippen molar-refractivity contribution in [3.8, 4) is 5.75 Å². The molecular formula is C14H20N4O. The fraction of sp³-hybridized carbons (Fsp3) is 0.429. The number of phenolic OH excluding ortho intramolecular Hbond substituents is 1. The van der Waals surface area contributed by atoms with Gasteiger partial charge in [-0.2, -0.15) is 0 Å². The van der Waals surface area contributed by atoms with Gasteiger partial charge in [0, 0.05) is 13.1 Å².